The summed E-state index contributed by atoms with van der Waals surface area (Å²) in [4.78, 5) is 12.4. The van der Waals surface area contributed by atoms with E-state index in [0.29, 0.717) is 33.3 Å². The number of halogens is 2. The Kier molecular flexibility index (Phi) is 8.23. The third kappa shape index (κ3) is 6.06. The van der Waals surface area contributed by atoms with Gasteiger partial charge in [-0.25, -0.2) is 0 Å². The number of aryl methyl sites for hydroxylation is 2. The summed E-state index contributed by atoms with van der Waals surface area (Å²) >= 11 is 13.2. The fourth-order valence-corrected chi connectivity index (χ4v) is 4.14. The molecule has 1 heterocycles. The van der Waals surface area contributed by atoms with Crippen LogP contribution < -0.4 is 10.1 Å². The van der Waals surface area contributed by atoms with Crippen LogP contribution in [-0.2, 0) is 11.3 Å². The largest absolute Gasteiger partial charge is 0.482 e. The summed E-state index contributed by atoms with van der Waals surface area (Å²) in [6.07, 6.45) is 1.43. The molecule has 0 bridgehead atoms. The van der Waals surface area contributed by atoms with E-state index in [1.54, 1.807) is 24.3 Å². The van der Waals surface area contributed by atoms with Crippen molar-refractivity contribution >= 4 is 46.6 Å². The van der Waals surface area contributed by atoms with Crippen molar-refractivity contribution in [2.45, 2.75) is 38.6 Å². The summed E-state index contributed by atoms with van der Waals surface area (Å²) < 4.78 is 8.04. The van der Waals surface area contributed by atoms with Gasteiger partial charge in [0.1, 0.15) is 5.75 Å². The van der Waals surface area contributed by atoms with Gasteiger partial charge in [-0.15, -0.1) is 16.8 Å². The third-order valence-corrected chi connectivity index (χ3v) is 6.30. The molecule has 0 radical (unpaired) electrons. The Bertz CT molecular complexity index is 1130. The molecule has 0 saturated carbocycles. The van der Waals surface area contributed by atoms with Crippen LogP contribution >= 0.6 is 35.0 Å². The number of nitrogens with one attached hydrogen (secondary N) is 1. The van der Waals surface area contributed by atoms with Crippen LogP contribution in [0.15, 0.2) is 54.2 Å². The predicted octanol–water partition coefficient (Wildman–Crippen LogP) is 6.26. The summed E-state index contributed by atoms with van der Waals surface area (Å²) in [5.41, 5.74) is 2.81. The molecule has 3 aromatic rings. The van der Waals surface area contributed by atoms with Gasteiger partial charge in [0.2, 0.25) is 5.91 Å². The summed E-state index contributed by atoms with van der Waals surface area (Å²) in [5, 5.41) is 12.8. The van der Waals surface area contributed by atoms with Crippen molar-refractivity contribution in [3.05, 3.63) is 76.0 Å². The van der Waals surface area contributed by atoms with Crippen LogP contribution in [0.25, 0.3) is 0 Å². The molecule has 0 saturated heterocycles. The van der Waals surface area contributed by atoms with Gasteiger partial charge in [-0.05, 0) is 50.6 Å². The number of allylic oxidation sites excluding steroid dienone is 1. The van der Waals surface area contributed by atoms with Gasteiger partial charge in [0.25, 0.3) is 0 Å². The van der Waals surface area contributed by atoms with Crippen molar-refractivity contribution in [2.24, 2.45) is 0 Å². The Balaban J connectivity index is 1.68. The number of rotatable bonds is 9. The number of amides is 1. The Morgan fingerprint density at radius 2 is 2.00 bits per heavy atom. The van der Waals surface area contributed by atoms with Gasteiger partial charge in [-0.1, -0.05) is 58.7 Å². The molecule has 0 aliphatic rings. The number of carbonyl (C=O) groups excluding carboxylic acids is 1. The Morgan fingerprint density at radius 3 is 2.69 bits per heavy atom. The van der Waals surface area contributed by atoms with Crippen molar-refractivity contribution in [1.82, 2.24) is 14.8 Å². The van der Waals surface area contributed by atoms with Gasteiger partial charge >= 0.3 is 0 Å². The highest BCUT2D eigenvalue weighted by atomic mass is 35.5. The molecule has 0 aliphatic carbocycles. The highest BCUT2D eigenvalue weighted by molar-refractivity contribution is 7.99. The van der Waals surface area contributed by atoms with E-state index in [4.69, 9.17) is 27.9 Å². The average molecular weight is 491 g/mol. The lowest BCUT2D eigenvalue weighted by molar-refractivity contribution is -0.113. The van der Waals surface area contributed by atoms with Gasteiger partial charge in [0, 0.05) is 12.2 Å². The third-order valence-electron chi connectivity index (χ3n) is 4.59. The number of anilines is 1. The van der Waals surface area contributed by atoms with Crippen molar-refractivity contribution in [3.8, 4) is 5.75 Å². The van der Waals surface area contributed by atoms with E-state index in [1.165, 1.54) is 17.3 Å². The van der Waals surface area contributed by atoms with E-state index < -0.39 is 0 Å². The zero-order valence-electron chi connectivity index (χ0n) is 18.1. The lowest BCUT2D eigenvalue weighted by atomic mass is 10.1. The molecule has 3 rings (SSSR count). The summed E-state index contributed by atoms with van der Waals surface area (Å²) in [5.74, 6) is 1.42. The summed E-state index contributed by atoms with van der Waals surface area (Å²) in [7, 11) is 0. The smallest absolute Gasteiger partial charge is 0.234 e. The molecule has 1 amide bonds. The van der Waals surface area contributed by atoms with Gasteiger partial charge in [-0.2, -0.15) is 0 Å². The predicted molar refractivity (Wildman–Crippen MR) is 131 cm³/mol. The van der Waals surface area contributed by atoms with Crippen LogP contribution in [0.1, 0.15) is 30.0 Å². The number of aromatic nitrogens is 3. The van der Waals surface area contributed by atoms with Gasteiger partial charge in [0.05, 0.1) is 15.8 Å². The van der Waals surface area contributed by atoms with Gasteiger partial charge in [0.15, 0.2) is 17.1 Å². The van der Waals surface area contributed by atoms with E-state index in [2.05, 4.69) is 28.2 Å². The Hall–Kier alpha value is -2.48. The molecule has 0 spiro atoms. The number of hydrogen-bond acceptors (Lipinski definition) is 5. The number of nitrogens with zero attached hydrogens (tertiary/aromatic N) is 3. The molecule has 32 heavy (non-hydrogen) atoms. The monoisotopic (exact) mass is 490 g/mol. The molecule has 0 fully saturated rings. The minimum atomic E-state index is -0.330. The number of benzene rings is 2. The van der Waals surface area contributed by atoms with Gasteiger partial charge in [-0.3, -0.25) is 9.36 Å². The number of carbonyl (C=O) groups is 1. The fraction of sp³-hybridized carbons (Fsp3) is 0.261. The maximum absolute atomic E-state index is 12.4. The van der Waals surface area contributed by atoms with Crippen molar-refractivity contribution in [3.63, 3.8) is 0 Å². The second kappa shape index (κ2) is 10.9. The molecule has 2 aromatic carbocycles. The zero-order valence-corrected chi connectivity index (χ0v) is 20.4. The quantitative estimate of drug-likeness (QED) is 0.283. The van der Waals surface area contributed by atoms with E-state index in [-0.39, 0.29) is 17.8 Å². The van der Waals surface area contributed by atoms with E-state index >= 15 is 0 Å². The van der Waals surface area contributed by atoms with Crippen molar-refractivity contribution in [2.75, 3.05) is 11.1 Å². The highest BCUT2D eigenvalue weighted by Crippen LogP contribution is 2.28. The molecule has 1 atom stereocenters. The zero-order chi connectivity index (χ0) is 23.3. The number of hydrogen-bond donors (Lipinski definition) is 1. The van der Waals surface area contributed by atoms with Crippen LogP contribution in [0.4, 0.5) is 5.69 Å². The van der Waals surface area contributed by atoms with Crippen molar-refractivity contribution < 1.29 is 9.53 Å². The Morgan fingerprint density at radius 1 is 1.22 bits per heavy atom. The first kappa shape index (κ1) is 24.2. The first-order valence-corrected chi connectivity index (χ1v) is 11.7. The molecular formula is C23H24Cl2N4O2S. The van der Waals surface area contributed by atoms with Crippen LogP contribution in [0.2, 0.25) is 10.0 Å². The minimum Gasteiger partial charge on any atom is -0.482 e. The Labute approximate surface area is 202 Å². The van der Waals surface area contributed by atoms with E-state index in [1.807, 2.05) is 37.5 Å². The average Bonchev–Trinajstić information content (AvgIpc) is 3.14. The maximum Gasteiger partial charge on any atom is 0.234 e. The normalized spacial score (nSPS) is 11.8. The molecule has 1 N–H and O–H groups in total. The maximum atomic E-state index is 12.4. The van der Waals surface area contributed by atoms with Crippen molar-refractivity contribution in [1.29, 1.82) is 0 Å². The van der Waals surface area contributed by atoms with Crippen LogP contribution in [0, 0.1) is 13.8 Å². The molecule has 9 heteroatoms. The molecular weight excluding hydrogens is 467 g/mol. The fourth-order valence-electron chi connectivity index (χ4n) is 3.08. The highest BCUT2D eigenvalue weighted by Gasteiger charge is 2.20. The SMILES string of the molecule is C=CCn1c(SCC(=O)Nc2ccc(Cl)c(Cl)c2)nnc1C(C)Oc1ccc(C)cc1C. The molecule has 1 unspecified atom stereocenters. The molecule has 0 aliphatic heterocycles. The first-order valence-electron chi connectivity index (χ1n) is 9.94. The second-order valence-electron chi connectivity index (χ2n) is 7.23. The van der Waals surface area contributed by atoms with Crippen LogP contribution in [-0.4, -0.2) is 26.4 Å². The molecule has 168 valence electrons. The lowest BCUT2D eigenvalue weighted by Crippen LogP contribution is -2.15. The standard InChI is InChI=1S/C23H24Cl2N4O2S/c1-5-10-29-22(16(4)31-20-9-6-14(2)11-15(20)3)27-28-23(29)32-13-21(30)26-17-7-8-18(24)19(25)12-17/h5-9,11-12,16H,1,10,13H2,2-4H3,(H,26,30). The topological polar surface area (TPSA) is 69.0 Å². The lowest BCUT2D eigenvalue weighted by Gasteiger charge is -2.17. The minimum absolute atomic E-state index is 0.155. The van der Waals surface area contributed by atoms with Crippen LogP contribution in [0.5, 0.6) is 5.75 Å². The first-order chi connectivity index (χ1) is 15.3. The van der Waals surface area contributed by atoms with Crippen LogP contribution in [0.3, 0.4) is 0 Å². The van der Waals surface area contributed by atoms with E-state index in [0.717, 1.165) is 11.3 Å². The van der Waals surface area contributed by atoms with E-state index in [9.17, 15) is 4.79 Å². The molecule has 6 nitrogen and oxygen atoms in total. The summed E-state index contributed by atoms with van der Waals surface area (Å²) in [6, 6.07) is 11.0. The second-order valence-corrected chi connectivity index (χ2v) is 8.99. The number of thioether (sulfide) groups is 1. The molecule has 1 aromatic heterocycles. The summed E-state index contributed by atoms with van der Waals surface area (Å²) in [6.45, 7) is 10.3. The number of ether oxygens (including phenoxy) is 1. The van der Waals surface area contributed by atoms with Gasteiger partial charge < -0.3 is 10.1 Å².